The molecule has 27 heavy (non-hydrogen) atoms. The van der Waals surface area contributed by atoms with E-state index in [-0.39, 0.29) is 0 Å². The lowest BCUT2D eigenvalue weighted by Crippen LogP contribution is -2.08. The second kappa shape index (κ2) is 8.67. The SMILES string of the molecule is COc1ccc(C(=O)Oc2ccc(C=Cc3ccncc3)cc2)cc1OC. The van der Waals surface area contributed by atoms with Crippen molar-refractivity contribution in [1.82, 2.24) is 4.98 Å². The summed E-state index contributed by atoms with van der Waals surface area (Å²) in [7, 11) is 3.06. The number of esters is 1. The highest BCUT2D eigenvalue weighted by Gasteiger charge is 2.12. The van der Waals surface area contributed by atoms with Crippen molar-refractivity contribution < 1.29 is 19.0 Å². The molecule has 2 aromatic carbocycles. The molecule has 0 bridgehead atoms. The summed E-state index contributed by atoms with van der Waals surface area (Å²) in [5, 5.41) is 0. The zero-order valence-corrected chi connectivity index (χ0v) is 15.1. The second-order valence-corrected chi connectivity index (χ2v) is 5.64. The molecule has 0 amide bonds. The van der Waals surface area contributed by atoms with Gasteiger partial charge in [0.1, 0.15) is 5.75 Å². The van der Waals surface area contributed by atoms with Gasteiger partial charge >= 0.3 is 5.97 Å². The maximum absolute atomic E-state index is 12.3. The molecule has 5 heteroatoms. The number of hydrogen-bond donors (Lipinski definition) is 0. The highest BCUT2D eigenvalue weighted by Crippen LogP contribution is 2.28. The maximum Gasteiger partial charge on any atom is 0.343 e. The topological polar surface area (TPSA) is 57.7 Å². The molecule has 0 fully saturated rings. The van der Waals surface area contributed by atoms with Gasteiger partial charge < -0.3 is 14.2 Å². The van der Waals surface area contributed by atoms with Crippen LogP contribution in [0.2, 0.25) is 0 Å². The van der Waals surface area contributed by atoms with Crippen molar-refractivity contribution in [3.8, 4) is 17.2 Å². The van der Waals surface area contributed by atoms with E-state index in [1.54, 1.807) is 49.8 Å². The molecule has 0 spiro atoms. The van der Waals surface area contributed by atoms with Crippen LogP contribution in [0.3, 0.4) is 0 Å². The van der Waals surface area contributed by atoms with Gasteiger partial charge in [-0.15, -0.1) is 0 Å². The third-order valence-electron chi connectivity index (χ3n) is 3.88. The molecule has 0 atom stereocenters. The molecule has 1 heterocycles. The average molecular weight is 361 g/mol. The minimum atomic E-state index is -0.462. The number of nitrogens with zero attached hydrogens (tertiary/aromatic N) is 1. The van der Waals surface area contributed by atoms with Crippen molar-refractivity contribution in [2.45, 2.75) is 0 Å². The molecular weight excluding hydrogens is 342 g/mol. The zero-order chi connectivity index (χ0) is 19.1. The zero-order valence-electron chi connectivity index (χ0n) is 15.1. The number of hydrogen-bond acceptors (Lipinski definition) is 5. The van der Waals surface area contributed by atoms with Crippen molar-refractivity contribution in [3.63, 3.8) is 0 Å². The first-order chi connectivity index (χ1) is 13.2. The summed E-state index contributed by atoms with van der Waals surface area (Å²) in [5.74, 6) is 1.04. The van der Waals surface area contributed by atoms with Crippen LogP contribution in [-0.4, -0.2) is 25.2 Å². The minimum absolute atomic E-state index is 0.384. The maximum atomic E-state index is 12.3. The number of aromatic nitrogens is 1. The van der Waals surface area contributed by atoms with Gasteiger partial charge in [-0.1, -0.05) is 24.3 Å². The molecule has 0 radical (unpaired) electrons. The lowest BCUT2D eigenvalue weighted by molar-refractivity contribution is 0.0734. The van der Waals surface area contributed by atoms with Crippen molar-refractivity contribution in [2.24, 2.45) is 0 Å². The molecule has 0 aliphatic rings. The summed E-state index contributed by atoms with van der Waals surface area (Å²) in [6, 6.07) is 16.0. The van der Waals surface area contributed by atoms with Gasteiger partial charge in [0, 0.05) is 12.4 Å². The lowest BCUT2D eigenvalue weighted by atomic mass is 10.1. The molecule has 1 aromatic heterocycles. The Morgan fingerprint density at radius 1 is 0.815 bits per heavy atom. The molecule has 0 aliphatic carbocycles. The van der Waals surface area contributed by atoms with E-state index in [0.29, 0.717) is 22.8 Å². The molecule has 0 unspecified atom stereocenters. The van der Waals surface area contributed by atoms with Crippen LogP contribution >= 0.6 is 0 Å². The van der Waals surface area contributed by atoms with E-state index >= 15 is 0 Å². The summed E-state index contributed by atoms with van der Waals surface area (Å²) in [6.07, 6.45) is 7.47. The summed E-state index contributed by atoms with van der Waals surface area (Å²) in [5.41, 5.74) is 2.45. The average Bonchev–Trinajstić information content (AvgIpc) is 2.73. The van der Waals surface area contributed by atoms with Crippen LogP contribution < -0.4 is 14.2 Å². The van der Waals surface area contributed by atoms with Crippen molar-refractivity contribution in [2.75, 3.05) is 14.2 Å². The smallest absolute Gasteiger partial charge is 0.343 e. The quantitative estimate of drug-likeness (QED) is 0.478. The molecule has 0 saturated carbocycles. The summed E-state index contributed by atoms with van der Waals surface area (Å²) in [4.78, 5) is 16.3. The Labute approximate surface area is 157 Å². The van der Waals surface area contributed by atoms with Gasteiger partial charge in [0.05, 0.1) is 19.8 Å². The van der Waals surface area contributed by atoms with Crippen LogP contribution in [-0.2, 0) is 0 Å². The Morgan fingerprint density at radius 3 is 2.07 bits per heavy atom. The van der Waals surface area contributed by atoms with Crippen LogP contribution in [0.25, 0.3) is 12.2 Å². The molecule has 0 aliphatic heterocycles. The van der Waals surface area contributed by atoms with E-state index in [2.05, 4.69) is 4.98 Å². The summed E-state index contributed by atoms with van der Waals surface area (Å²) < 4.78 is 15.8. The predicted molar refractivity (Wildman–Crippen MR) is 104 cm³/mol. The molecule has 0 N–H and O–H groups in total. The van der Waals surface area contributed by atoms with Gasteiger partial charge in [0.15, 0.2) is 11.5 Å². The Hall–Kier alpha value is -3.60. The van der Waals surface area contributed by atoms with Gasteiger partial charge in [0.2, 0.25) is 0 Å². The molecule has 5 nitrogen and oxygen atoms in total. The third kappa shape index (κ3) is 4.73. The van der Waals surface area contributed by atoms with E-state index in [4.69, 9.17) is 14.2 Å². The number of methoxy groups -OCH3 is 2. The van der Waals surface area contributed by atoms with E-state index in [9.17, 15) is 4.79 Å². The fraction of sp³-hybridized carbons (Fsp3) is 0.0909. The standard InChI is InChI=1S/C22H19NO4/c1-25-20-10-7-18(15-21(20)26-2)22(24)27-19-8-5-16(6-9-19)3-4-17-11-13-23-14-12-17/h3-15H,1-2H3. The lowest BCUT2D eigenvalue weighted by Gasteiger charge is -2.09. The largest absolute Gasteiger partial charge is 0.493 e. The first-order valence-corrected chi connectivity index (χ1v) is 8.32. The first-order valence-electron chi connectivity index (χ1n) is 8.32. The van der Waals surface area contributed by atoms with Gasteiger partial charge in [0.25, 0.3) is 0 Å². The summed E-state index contributed by atoms with van der Waals surface area (Å²) >= 11 is 0. The number of pyridine rings is 1. The van der Waals surface area contributed by atoms with Crippen molar-refractivity contribution >= 4 is 18.1 Å². The Kier molecular flexibility index (Phi) is 5.84. The van der Waals surface area contributed by atoms with Crippen LogP contribution in [0, 0.1) is 0 Å². The molecular formula is C22H19NO4. The van der Waals surface area contributed by atoms with E-state index in [1.165, 1.54) is 7.11 Å². The second-order valence-electron chi connectivity index (χ2n) is 5.64. The number of rotatable bonds is 6. The Bertz CT molecular complexity index is 934. The van der Waals surface area contributed by atoms with Crippen molar-refractivity contribution in [1.29, 1.82) is 0 Å². The van der Waals surface area contributed by atoms with Crippen LogP contribution in [0.15, 0.2) is 67.0 Å². The van der Waals surface area contributed by atoms with E-state index in [0.717, 1.165) is 11.1 Å². The fourth-order valence-electron chi connectivity index (χ4n) is 2.44. The highest BCUT2D eigenvalue weighted by molar-refractivity contribution is 5.91. The Morgan fingerprint density at radius 2 is 1.44 bits per heavy atom. The van der Waals surface area contributed by atoms with E-state index in [1.807, 2.05) is 36.4 Å². The van der Waals surface area contributed by atoms with Crippen LogP contribution in [0.5, 0.6) is 17.2 Å². The van der Waals surface area contributed by atoms with Crippen molar-refractivity contribution in [3.05, 3.63) is 83.7 Å². The van der Waals surface area contributed by atoms with Crippen LogP contribution in [0.1, 0.15) is 21.5 Å². The molecule has 0 saturated heterocycles. The number of ether oxygens (including phenoxy) is 3. The number of carbonyl (C=O) groups is 1. The van der Waals surface area contributed by atoms with Crippen LogP contribution in [0.4, 0.5) is 0 Å². The van der Waals surface area contributed by atoms with Gasteiger partial charge in [-0.3, -0.25) is 4.98 Å². The number of benzene rings is 2. The summed E-state index contributed by atoms with van der Waals surface area (Å²) in [6.45, 7) is 0. The van der Waals surface area contributed by atoms with E-state index < -0.39 is 5.97 Å². The molecule has 136 valence electrons. The normalized spacial score (nSPS) is 10.6. The van der Waals surface area contributed by atoms with Gasteiger partial charge in [-0.2, -0.15) is 0 Å². The predicted octanol–water partition coefficient (Wildman–Crippen LogP) is 4.49. The monoisotopic (exact) mass is 361 g/mol. The number of carbonyl (C=O) groups excluding carboxylic acids is 1. The third-order valence-corrected chi connectivity index (χ3v) is 3.88. The molecule has 3 aromatic rings. The fourth-order valence-corrected chi connectivity index (χ4v) is 2.44. The minimum Gasteiger partial charge on any atom is -0.493 e. The first kappa shape index (κ1) is 18.2. The highest BCUT2D eigenvalue weighted by atomic mass is 16.5. The molecule has 3 rings (SSSR count). The Balaban J connectivity index is 1.67. The van der Waals surface area contributed by atoms with Gasteiger partial charge in [-0.25, -0.2) is 4.79 Å². The van der Waals surface area contributed by atoms with Gasteiger partial charge in [-0.05, 0) is 53.6 Å².